The lowest BCUT2D eigenvalue weighted by molar-refractivity contribution is 0.215. The van der Waals surface area contributed by atoms with Crippen LogP contribution in [0.25, 0.3) is 0 Å². The molecule has 0 aliphatic heterocycles. The lowest BCUT2D eigenvalue weighted by Crippen LogP contribution is -2.27. The Balaban J connectivity index is 2.54. The Labute approximate surface area is 84.6 Å². The van der Waals surface area contributed by atoms with Gasteiger partial charge in [0, 0.05) is 5.33 Å². The van der Waals surface area contributed by atoms with E-state index in [4.69, 9.17) is 0 Å². The van der Waals surface area contributed by atoms with Gasteiger partial charge in [-0.2, -0.15) is 0 Å². The summed E-state index contributed by atoms with van der Waals surface area (Å²) in [6, 6.07) is 0. The topological polar surface area (TPSA) is 0 Å². The number of halogens is 1. The first kappa shape index (κ1) is 10.3. The van der Waals surface area contributed by atoms with Crippen molar-refractivity contribution < 1.29 is 0 Å². The second-order valence-electron chi connectivity index (χ2n) is 4.07. The molecule has 1 unspecified atom stereocenters. The first-order valence-electron chi connectivity index (χ1n) is 4.96. The van der Waals surface area contributed by atoms with E-state index in [1.165, 1.54) is 25.7 Å². The summed E-state index contributed by atoms with van der Waals surface area (Å²) in [7, 11) is 0. The van der Waals surface area contributed by atoms with Gasteiger partial charge >= 0.3 is 0 Å². The predicted octanol–water partition coefficient (Wildman–Crippen LogP) is 4.15. The van der Waals surface area contributed by atoms with Crippen LogP contribution in [0.5, 0.6) is 0 Å². The highest BCUT2D eigenvalue weighted by Crippen LogP contribution is 2.43. The number of allylic oxidation sites excluding steroid dienone is 2. The average Bonchev–Trinajstić information content (AvgIpc) is 2.54. The van der Waals surface area contributed by atoms with Gasteiger partial charge in [-0.15, -0.1) is 0 Å². The molecule has 0 saturated heterocycles. The summed E-state index contributed by atoms with van der Waals surface area (Å²) in [5.41, 5.74) is 0.552. The Kier molecular flexibility index (Phi) is 3.82. The monoisotopic (exact) mass is 230 g/mol. The van der Waals surface area contributed by atoms with Crippen molar-refractivity contribution >= 4 is 15.9 Å². The molecule has 0 aromatic heterocycles. The number of alkyl halides is 1. The quantitative estimate of drug-likeness (QED) is 0.503. The van der Waals surface area contributed by atoms with Gasteiger partial charge in [-0.3, -0.25) is 0 Å². The van der Waals surface area contributed by atoms with Crippen molar-refractivity contribution in [2.75, 3.05) is 5.33 Å². The molecule has 0 aromatic carbocycles. The summed E-state index contributed by atoms with van der Waals surface area (Å²) < 4.78 is 0. The maximum absolute atomic E-state index is 3.66. The van der Waals surface area contributed by atoms with Gasteiger partial charge in [-0.05, 0) is 24.2 Å². The standard InChI is InChI=1S/C11H19Br/c1-3-6-10(2)11(9-12)7-4-5-8-11/h4-5,10H,3,6-9H2,1-2H3. The Morgan fingerprint density at radius 3 is 2.42 bits per heavy atom. The maximum Gasteiger partial charge on any atom is 0.00964 e. The molecule has 0 bridgehead atoms. The van der Waals surface area contributed by atoms with E-state index in [1.54, 1.807) is 0 Å². The summed E-state index contributed by atoms with van der Waals surface area (Å²) in [6.45, 7) is 4.68. The van der Waals surface area contributed by atoms with Gasteiger partial charge in [0.05, 0.1) is 0 Å². The molecule has 0 N–H and O–H groups in total. The van der Waals surface area contributed by atoms with Gasteiger partial charge in [-0.1, -0.05) is 54.8 Å². The lowest BCUT2D eigenvalue weighted by atomic mass is 9.74. The van der Waals surface area contributed by atoms with Crippen LogP contribution in [0.15, 0.2) is 12.2 Å². The van der Waals surface area contributed by atoms with Crippen LogP contribution < -0.4 is 0 Å². The molecule has 1 heteroatoms. The molecule has 12 heavy (non-hydrogen) atoms. The molecule has 70 valence electrons. The zero-order chi connectivity index (χ0) is 9.03. The van der Waals surface area contributed by atoms with E-state index in [1.807, 2.05) is 0 Å². The van der Waals surface area contributed by atoms with Gasteiger partial charge in [0.25, 0.3) is 0 Å². The minimum Gasteiger partial charge on any atom is -0.0922 e. The normalized spacial score (nSPS) is 22.9. The van der Waals surface area contributed by atoms with Gasteiger partial charge in [0.1, 0.15) is 0 Å². The third-order valence-electron chi connectivity index (χ3n) is 3.25. The van der Waals surface area contributed by atoms with E-state index in [-0.39, 0.29) is 0 Å². The molecule has 1 rings (SSSR count). The van der Waals surface area contributed by atoms with Crippen molar-refractivity contribution in [3.63, 3.8) is 0 Å². The van der Waals surface area contributed by atoms with Crippen LogP contribution >= 0.6 is 15.9 Å². The molecule has 1 aliphatic carbocycles. The summed E-state index contributed by atoms with van der Waals surface area (Å²) >= 11 is 3.66. The van der Waals surface area contributed by atoms with E-state index in [2.05, 4.69) is 41.9 Å². The number of hydrogen-bond donors (Lipinski definition) is 0. The van der Waals surface area contributed by atoms with Crippen molar-refractivity contribution in [3.8, 4) is 0 Å². The van der Waals surface area contributed by atoms with E-state index >= 15 is 0 Å². The second kappa shape index (κ2) is 4.45. The van der Waals surface area contributed by atoms with E-state index < -0.39 is 0 Å². The molecular formula is C11H19Br. The third-order valence-corrected chi connectivity index (χ3v) is 4.37. The molecule has 0 spiro atoms. The maximum atomic E-state index is 3.66. The van der Waals surface area contributed by atoms with Crippen LogP contribution in [0, 0.1) is 11.3 Å². The molecule has 0 radical (unpaired) electrons. The minimum absolute atomic E-state index is 0.552. The molecule has 0 aromatic rings. The fourth-order valence-electron chi connectivity index (χ4n) is 2.10. The Bertz CT molecular complexity index is 152. The molecule has 0 amide bonds. The van der Waals surface area contributed by atoms with Crippen LogP contribution in [0.1, 0.15) is 39.5 Å². The third kappa shape index (κ3) is 1.93. The molecule has 0 saturated carbocycles. The SMILES string of the molecule is CCCC(C)C1(CBr)CC=CC1. The van der Waals surface area contributed by atoms with E-state index in [0.29, 0.717) is 5.41 Å². The second-order valence-corrected chi connectivity index (χ2v) is 4.63. The van der Waals surface area contributed by atoms with Crippen LogP contribution in [0.2, 0.25) is 0 Å². The lowest BCUT2D eigenvalue weighted by Gasteiger charge is -2.33. The van der Waals surface area contributed by atoms with Gasteiger partial charge < -0.3 is 0 Å². The highest BCUT2D eigenvalue weighted by molar-refractivity contribution is 9.09. The molecular weight excluding hydrogens is 212 g/mol. The Morgan fingerprint density at radius 2 is 2.00 bits per heavy atom. The summed E-state index contributed by atoms with van der Waals surface area (Å²) in [5.74, 6) is 0.858. The smallest absolute Gasteiger partial charge is 0.00964 e. The molecule has 0 heterocycles. The zero-order valence-corrected chi connectivity index (χ0v) is 9.73. The van der Waals surface area contributed by atoms with Crippen LogP contribution in [0.3, 0.4) is 0 Å². The first-order chi connectivity index (χ1) is 5.75. The van der Waals surface area contributed by atoms with E-state index in [0.717, 1.165) is 11.2 Å². The average molecular weight is 231 g/mol. The fraction of sp³-hybridized carbons (Fsp3) is 0.818. The van der Waals surface area contributed by atoms with Crippen molar-refractivity contribution in [1.29, 1.82) is 0 Å². The molecule has 0 nitrogen and oxygen atoms in total. The van der Waals surface area contributed by atoms with Crippen LogP contribution in [-0.2, 0) is 0 Å². The first-order valence-corrected chi connectivity index (χ1v) is 6.08. The van der Waals surface area contributed by atoms with Gasteiger partial charge in [0.2, 0.25) is 0 Å². The minimum atomic E-state index is 0.552. The summed E-state index contributed by atoms with van der Waals surface area (Å²) in [5, 5.41) is 1.16. The van der Waals surface area contributed by atoms with Gasteiger partial charge in [0.15, 0.2) is 0 Å². The predicted molar refractivity (Wildman–Crippen MR) is 58.7 cm³/mol. The van der Waals surface area contributed by atoms with Crippen molar-refractivity contribution in [2.45, 2.75) is 39.5 Å². The summed E-state index contributed by atoms with van der Waals surface area (Å²) in [4.78, 5) is 0. The van der Waals surface area contributed by atoms with Crippen LogP contribution in [-0.4, -0.2) is 5.33 Å². The Hall–Kier alpha value is 0.220. The largest absolute Gasteiger partial charge is 0.0922 e. The zero-order valence-electron chi connectivity index (χ0n) is 8.15. The van der Waals surface area contributed by atoms with Crippen LogP contribution in [0.4, 0.5) is 0 Å². The van der Waals surface area contributed by atoms with Crippen molar-refractivity contribution in [1.82, 2.24) is 0 Å². The highest BCUT2D eigenvalue weighted by atomic mass is 79.9. The van der Waals surface area contributed by atoms with Gasteiger partial charge in [-0.25, -0.2) is 0 Å². The van der Waals surface area contributed by atoms with Crippen molar-refractivity contribution in [3.05, 3.63) is 12.2 Å². The molecule has 1 aliphatic rings. The highest BCUT2D eigenvalue weighted by Gasteiger charge is 2.34. The Morgan fingerprint density at radius 1 is 1.42 bits per heavy atom. The fourth-order valence-corrected chi connectivity index (χ4v) is 3.11. The number of rotatable bonds is 4. The van der Waals surface area contributed by atoms with E-state index in [9.17, 15) is 0 Å². The van der Waals surface area contributed by atoms with Crippen molar-refractivity contribution in [2.24, 2.45) is 11.3 Å². The summed E-state index contributed by atoms with van der Waals surface area (Å²) in [6.07, 6.45) is 9.92. The number of hydrogen-bond acceptors (Lipinski definition) is 0. The molecule has 0 fully saturated rings. The molecule has 1 atom stereocenters.